The molecule has 0 fully saturated rings. The van der Waals surface area contributed by atoms with Crippen molar-refractivity contribution in [2.24, 2.45) is 4.99 Å². The summed E-state index contributed by atoms with van der Waals surface area (Å²) in [4.78, 5) is 23.7. The van der Waals surface area contributed by atoms with E-state index in [2.05, 4.69) is 101 Å². The van der Waals surface area contributed by atoms with Crippen molar-refractivity contribution < 1.29 is 9.53 Å². The molecule has 3 aromatic rings. The Morgan fingerprint density at radius 1 is 0.842 bits per heavy atom. The van der Waals surface area contributed by atoms with Crippen LogP contribution >= 0.6 is 11.8 Å². The topological polar surface area (TPSA) is 60.4 Å². The van der Waals surface area contributed by atoms with Crippen LogP contribution in [0.5, 0.6) is 0 Å². The smallest absolute Gasteiger partial charge is 0.412 e. The predicted octanol–water partition coefficient (Wildman–Crippen LogP) is 6.05. The van der Waals surface area contributed by atoms with Crippen molar-refractivity contribution in [1.29, 1.82) is 0 Å². The number of fused-ring (bicyclic) bond motifs is 1. The second-order valence-corrected chi connectivity index (χ2v) is 10.8. The van der Waals surface area contributed by atoms with Crippen molar-refractivity contribution in [2.75, 3.05) is 63.1 Å². The van der Waals surface area contributed by atoms with Crippen LogP contribution in [0, 0.1) is 0 Å². The molecule has 200 valence electrons. The second-order valence-electron chi connectivity index (χ2n) is 9.57. The second kappa shape index (κ2) is 11.4. The Balaban J connectivity index is 2.00. The number of thioether (sulfide) groups is 1. The molecule has 1 aliphatic heterocycles. The molecule has 0 spiro atoms. The molecule has 4 rings (SSSR count). The number of carbonyl (C=O) groups excluding carboxylic acids is 1. The molecular formula is C30H37N5O2S. The Hall–Kier alpha value is -3.65. The van der Waals surface area contributed by atoms with Crippen LogP contribution in [0.25, 0.3) is 0 Å². The van der Waals surface area contributed by atoms with Crippen LogP contribution in [0.2, 0.25) is 0 Å². The number of amides is 1. The number of rotatable bonds is 7. The number of anilines is 3. The Morgan fingerprint density at radius 3 is 1.79 bits per heavy atom. The van der Waals surface area contributed by atoms with Crippen molar-refractivity contribution in [1.82, 2.24) is 5.32 Å². The lowest BCUT2D eigenvalue weighted by Gasteiger charge is -2.39. The SMILES string of the molecule is CCN(CC)c1ccc2c(c1)N=C(NC(=O)OC)SC2(c1ccc(N(C)C)cc1)c1ccc(N(C)C)cc1. The van der Waals surface area contributed by atoms with Crippen LogP contribution in [0.1, 0.15) is 30.5 Å². The molecule has 8 heteroatoms. The van der Waals surface area contributed by atoms with E-state index in [-0.39, 0.29) is 0 Å². The summed E-state index contributed by atoms with van der Waals surface area (Å²) in [6.45, 7) is 6.08. The maximum Gasteiger partial charge on any atom is 0.412 e. The molecular weight excluding hydrogens is 494 g/mol. The van der Waals surface area contributed by atoms with Crippen molar-refractivity contribution >= 4 is 45.8 Å². The van der Waals surface area contributed by atoms with E-state index in [1.807, 2.05) is 28.2 Å². The minimum Gasteiger partial charge on any atom is -0.453 e. The number of nitrogens with one attached hydrogen (secondary N) is 1. The highest BCUT2D eigenvalue weighted by Gasteiger charge is 2.43. The van der Waals surface area contributed by atoms with Crippen molar-refractivity contribution in [2.45, 2.75) is 18.6 Å². The fourth-order valence-corrected chi connectivity index (χ4v) is 6.16. The zero-order chi connectivity index (χ0) is 27.4. The number of carbonyl (C=O) groups is 1. The summed E-state index contributed by atoms with van der Waals surface area (Å²) in [6.07, 6.45) is -0.542. The average Bonchev–Trinajstić information content (AvgIpc) is 2.93. The lowest BCUT2D eigenvalue weighted by molar-refractivity contribution is 0.177. The highest BCUT2D eigenvalue weighted by Crippen LogP contribution is 2.55. The average molecular weight is 532 g/mol. The zero-order valence-corrected chi connectivity index (χ0v) is 24.1. The molecule has 0 atom stereocenters. The lowest BCUT2D eigenvalue weighted by atomic mass is 9.82. The first kappa shape index (κ1) is 27.4. The third kappa shape index (κ3) is 5.18. The molecule has 1 amide bonds. The molecule has 7 nitrogen and oxygen atoms in total. The zero-order valence-electron chi connectivity index (χ0n) is 23.3. The summed E-state index contributed by atoms with van der Waals surface area (Å²) in [6, 6.07) is 23.7. The van der Waals surface area contributed by atoms with Gasteiger partial charge >= 0.3 is 6.09 Å². The molecule has 0 unspecified atom stereocenters. The number of hydrogen-bond acceptors (Lipinski definition) is 7. The van der Waals surface area contributed by atoms with Gasteiger partial charge in [0, 0.05) is 63.9 Å². The molecule has 0 saturated carbocycles. The van der Waals surface area contributed by atoms with E-state index in [1.54, 1.807) is 0 Å². The van der Waals surface area contributed by atoms with Crippen LogP contribution in [0.4, 0.5) is 27.5 Å². The Labute approximate surface area is 230 Å². The van der Waals surface area contributed by atoms with Gasteiger partial charge in [0.05, 0.1) is 12.8 Å². The van der Waals surface area contributed by atoms with Gasteiger partial charge in [0.25, 0.3) is 0 Å². The Bertz CT molecular complexity index is 1250. The van der Waals surface area contributed by atoms with Crippen LogP contribution in [0.15, 0.2) is 71.7 Å². The molecule has 1 heterocycles. The standard InChI is InChI=1S/C30H37N5O2S/c1-8-35(9-2)25-18-19-26-27(20-25)31-28(32-29(36)37-7)38-30(26,21-10-14-23(15-11-21)33(3)4)22-12-16-24(17-13-22)34(5)6/h10-20H,8-9H2,1-7H3,(H,31,32,36). The number of nitrogens with zero attached hydrogens (tertiary/aromatic N) is 4. The van der Waals surface area contributed by atoms with Gasteiger partial charge in [0.15, 0.2) is 5.17 Å². The van der Waals surface area contributed by atoms with Gasteiger partial charge in [0.2, 0.25) is 0 Å². The predicted molar refractivity (Wildman–Crippen MR) is 162 cm³/mol. The van der Waals surface area contributed by atoms with Crippen molar-refractivity contribution in [3.05, 3.63) is 83.4 Å². The maximum atomic E-state index is 12.3. The van der Waals surface area contributed by atoms with Gasteiger partial charge in [0.1, 0.15) is 4.75 Å². The van der Waals surface area contributed by atoms with E-state index in [0.29, 0.717) is 5.17 Å². The van der Waals surface area contributed by atoms with Gasteiger partial charge in [-0.2, -0.15) is 0 Å². The van der Waals surface area contributed by atoms with Gasteiger partial charge in [-0.3, -0.25) is 5.32 Å². The quantitative estimate of drug-likeness (QED) is 0.401. The largest absolute Gasteiger partial charge is 0.453 e. The Kier molecular flexibility index (Phi) is 8.21. The van der Waals surface area contributed by atoms with Gasteiger partial charge in [-0.1, -0.05) is 42.1 Å². The Morgan fingerprint density at radius 2 is 1.34 bits per heavy atom. The van der Waals surface area contributed by atoms with Crippen molar-refractivity contribution in [3.8, 4) is 0 Å². The first-order chi connectivity index (χ1) is 18.2. The molecule has 3 aromatic carbocycles. The van der Waals surface area contributed by atoms with Gasteiger partial charge in [-0.05, 0) is 61.4 Å². The van der Waals surface area contributed by atoms with E-state index in [4.69, 9.17) is 9.73 Å². The molecule has 0 bridgehead atoms. The molecule has 38 heavy (non-hydrogen) atoms. The molecule has 1 aliphatic rings. The molecule has 0 saturated heterocycles. The van der Waals surface area contributed by atoms with Gasteiger partial charge < -0.3 is 19.4 Å². The number of benzene rings is 3. The van der Waals surface area contributed by atoms with Crippen LogP contribution in [-0.4, -0.2) is 59.7 Å². The minimum atomic E-state index is -0.648. The van der Waals surface area contributed by atoms with Crippen LogP contribution in [0.3, 0.4) is 0 Å². The van der Waals surface area contributed by atoms with Crippen molar-refractivity contribution in [3.63, 3.8) is 0 Å². The minimum absolute atomic E-state index is 0.495. The van der Waals surface area contributed by atoms with E-state index in [0.717, 1.165) is 52.5 Å². The monoisotopic (exact) mass is 531 g/mol. The maximum absolute atomic E-state index is 12.3. The number of aliphatic imine (C=N–C) groups is 1. The van der Waals surface area contributed by atoms with Gasteiger partial charge in [-0.15, -0.1) is 0 Å². The number of ether oxygens (including phenoxy) is 1. The summed E-state index contributed by atoms with van der Waals surface area (Å²) < 4.78 is 4.29. The number of amidine groups is 1. The summed E-state index contributed by atoms with van der Waals surface area (Å²) in [5, 5.41) is 3.36. The highest BCUT2D eigenvalue weighted by molar-refractivity contribution is 8.15. The molecule has 0 aliphatic carbocycles. The summed E-state index contributed by atoms with van der Waals surface area (Å²) >= 11 is 1.52. The van der Waals surface area contributed by atoms with Crippen LogP contribution in [-0.2, 0) is 9.48 Å². The number of alkyl carbamates (subject to hydrolysis) is 1. The number of hydrogen-bond donors (Lipinski definition) is 1. The third-order valence-electron chi connectivity index (χ3n) is 6.94. The fraction of sp³-hybridized carbons (Fsp3) is 0.333. The van der Waals surface area contributed by atoms with Crippen LogP contribution < -0.4 is 20.0 Å². The molecule has 1 N–H and O–H groups in total. The molecule has 0 aromatic heterocycles. The number of methoxy groups -OCH3 is 1. The summed E-state index contributed by atoms with van der Waals surface area (Å²) in [5.74, 6) is 0. The van der Waals surface area contributed by atoms with Gasteiger partial charge in [-0.25, -0.2) is 9.79 Å². The fourth-order valence-electron chi connectivity index (χ4n) is 4.80. The third-order valence-corrected chi connectivity index (χ3v) is 8.32. The summed E-state index contributed by atoms with van der Waals surface area (Å²) in [5.41, 5.74) is 7.43. The van der Waals surface area contributed by atoms with E-state index in [9.17, 15) is 4.79 Å². The van der Waals surface area contributed by atoms with E-state index in [1.165, 1.54) is 18.9 Å². The first-order valence-electron chi connectivity index (χ1n) is 12.8. The first-order valence-corrected chi connectivity index (χ1v) is 13.6. The highest BCUT2D eigenvalue weighted by atomic mass is 32.2. The summed E-state index contributed by atoms with van der Waals surface area (Å²) in [7, 11) is 9.51. The molecule has 0 radical (unpaired) electrons. The lowest BCUT2D eigenvalue weighted by Crippen LogP contribution is -2.37. The normalized spacial score (nSPS) is 13.7. The van der Waals surface area contributed by atoms with E-state index < -0.39 is 10.8 Å². The van der Waals surface area contributed by atoms with E-state index >= 15 is 0 Å².